The van der Waals surface area contributed by atoms with Crippen molar-refractivity contribution in [2.75, 3.05) is 6.54 Å². The van der Waals surface area contributed by atoms with Crippen molar-refractivity contribution < 1.29 is 9.59 Å². The Morgan fingerprint density at radius 1 is 1.11 bits per heavy atom. The fourth-order valence-electron chi connectivity index (χ4n) is 3.11. The van der Waals surface area contributed by atoms with E-state index in [2.05, 4.69) is 0 Å². The minimum atomic E-state index is -0.181. The van der Waals surface area contributed by atoms with Crippen LogP contribution in [0.3, 0.4) is 0 Å². The fourth-order valence-corrected chi connectivity index (χ4v) is 3.11. The Kier molecular flexibility index (Phi) is 4.89. The minimum absolute atomic E-state index is 0.0256. The number of urea groups is 1. The number of carbonyl (C=O) groups excluding carboxylic acids is 2. The minimum Gasteiger partial charge on any atom is -0.358 e. The summed E-state index contributed by atoms with van der Waals surface area (Å²) in [5, 5.41) is 0. The van der Waals surface area contributed by atoms with E-state index in [0.717, 1.165) is 32.1 Å². The number of amides is 3. The van der Waals surface area contributed by atoms with Crippen LogP contribution in [0.15, 0.2) is 0 Å². The number of hydrogen-bond donors (Lipinski definition) is 0. The summed E-state index contributed by atoms with van der Waals surface area (Å²) in [7, 11) is 0. The molecule has 1 unspecified atom stereocenters. The Hall–Kier alpha value is -0.995. The van der Waals surface area contributed by atoms with Crippen molar-refractivity contribution >= 4 is 18.7 Å². The highest BCUT2D eigenvalue weighted by atomic mass is 16.2. The van der Waals surface area contributed by atoms with Crippen molar-refractivity contribution in [3.05, 3.63) is 0 Å². The van der Waals surface area contributed by atoms with Crippen molar-refractivity contribution in [1.29, 1.82) is 0 Å². The Morgan fingerprint density at radius 3 is 2.42 bits per heavy atom. The smallest absolute Gasteiger partial charge is 0.358 e. The molecule has 1 atom stereocenters. The SMILES string of the molecule is CCC(C)N1C(=O)B2CCCCCCCCN2C1=O. The zero-order valence-corrected chi connectivity index (χ0v) is 12.2. The van der Waals surface area contributed by atoms with Crippen LogP contribution in [-0.4, -0.2) is 41.0 Å². The molecule has 0 spiro atoms. The molecule has 2 aliphatic heterocycles. The van der Waals surface area contributed by atoms with Gasteiger partial charge in [0.05, 0.1) is 0 Å². The predicted molar refractivity (Wildman–Crippen MR) is 77.4 cm³/mol. The monoisotopic (exact) mass is 264 g/mol. The lowest BCUT2D eigenvalue weighted by molar-refractivity contribution is 0.179. The van der Waals surface area contributed by atoms with E-state index in [1.165, 1.54) is 30.6 Å². The number of carbonyl (C=O) groups is 2. The molecule has 0 aromatic carbocycles. The van der Waals surface area contributed by atoms with Crippen molar-refractivity contribution in [1.82, 2.24) is 9.71 Å². The van der Waals surface area contributed by atoms with Crippen LogP contribution in [0.4, 0.5) is 9.59 Å². The summed E-state index contributed by atoms with van der Waals surface area (Å²) >= 11 is 0. The van der Waals surface area contributed by atoms with Crippen LogP contribution < -0.4 is 0 Å². The van der Waals surface area contributed by atoms with E-state index in [1.807, 2.05) is 18.7 Å². The zero-order chi connectivity index (χ0) is 13.8. The van der Waals surface area contributed by atoms with Gasteiger partial charge >= 0.3 is 12.9 Å². The third-order valence-electron chi connectivity index (χ3n) is 4.51. The highest BCUT2D eigenvalue weighted by molar-refractivity contribution is 6.91. The Morgan fingerprint density at radius 2 is 1.74 bits per heavy atom. The summed E-state index contributed by atoms with van der Waals surface area (Å²) in [5.41, 5.74) is 0. The molecule has 3 amide bonds. The van der Waals surface area contributed by atoms with E-state index >= 15 is 0 Å². The first-order valence-electron chi connectivity index (χ1n) is 7.80. The maximum absolute atomic E-state index is 12.5. The van der Waals surface area contributed by atoms with Gasteiger partial charge in [0.25, 0.3) is 0 Å². The molecule has 0 aromatic rings. The predicted octanol–water partition coefficient (Wildman–Crippen LogP) is 3.57. The van der Waals surface area contributed by atoms with Gasteiger partial charge < -0.3 is 4.81 Å². The van der Waals surface area contributed by atoms with Gasteiger partial charge in [-0.25, -0.2) is 4.79 Å². The first-order valence-corrected chi connectivity index (χ1v) is 7.80. The van der Waals surface area contributed by atoms with Crippen LogP contribution in [0, 0.1) is 0 Å². The molecule has 4 nitrogen and oxygen atoms in total. The first-order chi connectivity index (χ1) is 9.16. The molecule has 106 valence electrons. The molecule has 2 rings (SSSR count). The fraction of sp³-hybridized carbons (Fsp3) is 0.857. The van der Waals surface area contributed by atoms with Gasteiger partial charge in [-0.15, -0.1) is 0 Å². The van der Waals surface area contributed by atoms with Gasteiger partial charge in [0.15, 0.2) is 0 Å². The van der Waals surface area contributed by atoms with E-state index in [9.17, 15) is 9.59 Å². The average Bonchev–Trinajstić information content (AvgIpc) is 2.65. The molecule has 0 saturated carbocycles. The van der Waals surface area contributed by atoms with Gasteiger partial charge in [0.2, 0.25) is 5.81 Å². The molecule has 0 N–H and O–H groups in total. The van der Waals surface area contributed by atoms with E-state index < -0.39 is 0 Å². The third-order valence-corrected chi connectivity index (χ3v) is 4.51. The van der Waals surface area contributed by atoms with Crippen molar-refractivity contribution in [3.8, 4) is 0 Å². The van der Waals surface area contributed by atoms with Gasteiger partial charge in [-0.05, 0) is 26.1 Å². The van der Waals surface area contributed by atoms with Crippen LogP contribution >= 0.6 is 0 Å². The second-order valence-corrected chi connectivity index (χ2v) is 5.87. The van der Waals surface area contributed by atoms with Crippen LogP contribution in [-0.2, 0) is 0 Å². The van der Waals surface area contributed by atoms with E-state index in [1.54, 1.807) is 0 Å². The Bertz CT molecular complexity index is 320. The standard InChI is InChI=1S/C14H25BN2O2/c1-3-12(2)17-13(18)15-10-8-6-4-5-7-9-11-16(15)14(17)19/h12H,3-11H2,1-2H3. The molecule has 5 heteroatoms. The van der Waals surface area contributed by atoms with Crippen molar-refractivity contribution in [2.45, 2.75) is 71.2 Å². The zero-order valence-electron chi connectivity index (χ0n) is 12.2. The number of fused-ring (bicyclic) bond motifs is 1. The molecule has 0 bridgehead atoms. The maximum atomic E-state index is 12.5. The van der Waals surface area contributed by atoms with Gasteiger partial charge in [0.1, 0.15) is 0 Å². The molecule has 2 aliphatic rings. The number of hydrogen-bond acceptors (Lipinski definition) is 2. The van der Waals surface area contributed by atoms with Crippen LogP contribution in [0.1, 0.15) is 58.8 Å². The lowest BCUT2D eigenvalue weighted by atomic mass is 9.56. The maximum Gasteiger partial charge on any atom is 0.366 e. The summed E-state index contributed by atoms with van der Waals surface area (Å²) < 4.78 is 0. The molecular weight excluding hydrogens is 239 g/mol. The second kappa shape index (κ2) is 6.44. The quantitative estimate of drug-likeness (QED) is 0.715. The van der Waals surface area contributed by atoms with E-state index in [0.29, 0.717) is 0 Å². The Balaban J connectivity index is 2.14. The highest BCUT2D eigenvalue weighted by Gasteiger charge is 2.48. The summed E-state index contributed by atoms with van der Waals surface area (Å²) in [6.45, 7) is 4.56. The highest BCUT2D eigenvalue weighted by Crippen LogP contribution is 2.25. The van der Waals surface area contributed by atoms with Crippen LogP contribution in [0.2, 0.25) is 6.32 Å². The summed E-state index contributed by atoms with van der Waals surface area (Å²) in [5.74, 6) is 0.0416. The largest absolute Gasteiger partial charge is 0.366 e. The number of imide groups is 1. The Labute approximate surface area is 116 Å². The molecule has 19 heavy (non-hydrogen) atoms. The molecule has 0 aromatic heterocycles. The van der Waals surface area contributed by atoms with Crippen LogP contribution in [0.5, 0.6) is 0 Å². The van der Waals surface area contributed by atoms with E-state index in [4.69, 9.17) is 0 Å². The second-order valence-electron chi connectivity index (χ2n) is 5.87. The normalized spacial score (nSPS) is 23.6. The van der Waals surface area contributed by atoms with E-state index in [-0.39, 0.29) is 24.7 Å². The third kappa shape index (κ3) is 2.95. The number of nitrogens with zero attached hydrogens (tertiary/aromatic N) is 2. The first kappa shape index (κ1) is 14.4. The van der Waals surface area contributed by atoms with Crippen LogP contribution in [0.25, 0.3) is 0 Å². The molecular formula is C14H25BN2O2. The summed E-state index contributed by atoms with van der Waals surface area (Å²) in [6, 6.07) is -0.0254. The average molecular weight is 264 g/mol. The van der Waals surface area contributed by atoms with Gasteiger partial charge in [-0.3, -0.25) is 9.69 Å². The van der Waals surface area contributed by atoms with Gasteiger partial charge in [0, 0.05) is 12.6 Å². The summed E-state index contributed by atoms with van der Waals surface area (Å²) in [6.07, 6.45) is 8.66. The summed E-state index contributed by atoms with van der Waals surface area (Å²) in [4.78, 5) is 28.3. The molecule has 2 saturated heterocycles. The van der Waals surface area contributed by atoms with Gasteiger partial charge in [-0.1, -0.05) is 39.0 Å². The number of rotatable bonds is 2. The molecule has 2 heterocycles. The lowest BCUT2D eigenvalue weighted by Gasteiger charge is -2.23. The molecule has 0 aliphatic carbocycles. The van der Waals surface area contributed by atoms with Gasteiger partial charge in [-0.2, -0.15) is 0 Å². The van der Waals surface area contributed by atoms with Crippen molar-refractivity contribution in [2.24, 2.45) is 0 Å². The van der Waals surface area contributed by atoms with Crippen molar-refractivity contribution in [3.63, 3.8) is 0 Å². The topological polar surface area (TPSA) is 40.6 Å². The molecule has 2 fully saturated rings. The lowest BCUT2D eigenvalue weighted by Crippen LogP contribution is -2.40. The molecule has 0 radical (unpaired) electrons.